The van der Waals surface area contributed by atoms with Crippen molar-refractivity contribution in [3.8, 4) is 22.5 Å². The van der Waals surface area contributed by atoms with Gasteiger partial charge in [-0.1, -0.05) is 0 Å². The number of rotatable bonds is 3. The molecule has 2 fully saturated rings. The molecule has 1 N–H and O–H groups in total. The Morgan fingerprint density at radius 2 is 1.79 bits per heavy atom. The van der Waals surface area contributed by atoms with Crippen LogP contribution >= 0.6 is 0 Å². The Morgan fingerprint density at radius 3 is 2.53 bits per heavy atom. The van der Waals surface area contributed by atoms with Crippen molar-refractivity contribution < 1.29 is 4.39 Å². The number of pyridine rings is 1. The number of imidazole rings is 1. The number of aromatic nitrogens is 4. The molecule has 6 rings (SSSR count). The van der Waals surface area contributed by atoms with Gasteiger partial charge >= 0.3 is 0 Å². The fourth-order valence-electron chi connectivity index (χ4n) is 5.60. The topological polar surface area (TPSA) is 58.4 Å². The number of nitrogens with zero attached hydrogens (tertiary/aromatic N) is 5. The first kappa shape index (κ1) is 21.2. The van der Waals surface area contributed by atoms with Gasteiger partial charge < -0.3 is 10.2 Å². The van der Waals surface area contributed by atoms with Gasteiger partial charge in [0.2, 0.25) is 0 Å². The molecule has 7 heteroatoms. The van der Waals surface area contributed by atoms with Gasteiger partial charge in [-0.3, -0.25) is 4.98 Å². The number of hydrogen-bond acceptors (Lipinski definition) is 5. The van der Waals surface area contributed by atoms with E-state index in [2.05, 4.69) is 21.3 Å². The van der Waals surface area contributed by atoms with E-state index in [-0.39, 0.29) is 5.82 Å². The third-order valence-electron chi connectivity index (χ3n) is 7.44. The number of anilines is 1. The van der Waals surface area contributed by atoms with Gasteiger partial charge in [0.25, 0.3) is 0 Å². The summed E-state index contributed by atoms with van der Waals surface area (Å²) in [7, 11) is 0. The molecule has 174 valence electrons. The van der Waals surface area contributed by atoms with E-state index < -0.39 is 0 Å². The van der Waals surface area contributed by atoms with Crippen LogP contribution in [0.5, 0.6) is 0 Å². The molecule has 0 bridgehead atoms. The number of nitrogens with one attached hydrogen (secondary N) is 1. The third-order valence-corrected chi connectivity index (χ3v) is 7.44. The number of aryl methyl sites for hydroxylation is 1. The molecule has 4 aromatic rings. The molecule has 0 unspecified atom stereocenters. The van der Waals surface area contributed by atoms with Gasteiger partial charge in [0.15, 0.2) is 5.65 Å². The van der Waals surface area contributed by atoms with Gasteiger partial charge in [-0.05, 0) is 92.6 Å². The van der Waals surface area contributed by atoms with Crippen molar-refractivity contribution >= 4 is 11.5 Å². The first-order valence-electron chi connectivity index (χ1n) is 12.1. The summed E-state index contributed by atoms with van der Waals surface area (Å²) in [4.78, 5) is 11.4. The highest BCUT2D eigenvalue weighted by Crippen LogP contribution is 2.39. The van der Waals surface area contributed by atoms with Crippen molar-refractivity contribution in [1.82, 2.24) is 24.9 Å². The highest BCUT2D eigenvalue weighted by atomic mass is 19.1. The fourth-order valence-corrected chi connectivity index (χ4v) is 5.60. The Labute approximate surface area is 198 Å². The Kier molecular flexibility index (Phi) is 5.29. The zero-order chi connectivity index (χ0) is 23.1. The number of halogens is 1. The largest absolute Gasteiger partial charge is 0.355 e. The number of fused-ring (bicyclic) bond motifs is 1. The van der Waals surface area contributed by atoms with Crippen LogP contribution in [0, 0.1) is 18.2 Å². The van der Waals surface area contributed by atoms with E-state index in [4.69, 9.17) is 10.1 Å². The summed E-state index contributed by atoms with van der Waals surface area (Å²) in [6, 6.07) is 13.0. The summed E-state index contributed by atoms with van der Waals surface area (Å²) in [6.07, 6.45) is 8.51. The van der Waals surface area contributed by atoms with E-state index in [9.17, 15) is 4.39 Å². The standard InChI is InChI=1S/C27H29FN6/c1-19-15-21(17-22(28)16-19)25-26(20-5-11-29-12-6-20)34-23(31-25)3-4-24(32-34)33-13-8-27(9-14-33)7-2-10-30-18-27/h3-6,11-12,15-17,30H,2,7-10,13-14,18H2,1H3. The van der Waals surface area contributed by atoms with Crippen molar-refractivity contribution in [2.45, 2.75) is 32.6 Å². The summed E-state index contributed by atoms with van der Waals surface area (Å²) < 4.78 is 16.2. The minimum atomic E-state index is -0.263. The molecule has 5 heterocycles. The maximum Gasteiger partial charge on any atom is 0.155 e. The molecule has 3 aromatic heterocycles. The average Bonchev–Trinajstić information content (AvgIpc) is 3.24. The van der Waals surface area contributed by atoms with Gasteiger partial charge in [0.05, 0.1) is 5.69 Å². The average molecular weight is 457 g/mol. The van der Waals surface area contributed by atoms with Crippen LogP contribution < -0.4 is 10.2 Å². The number of hydrogen-bond donors (Lipinski definition) is 1. The number of benzene rings is 1. The predicted octanol–water partition coefficient (Wildman–Crippen LogP) is 4.88. The van der Waals surface area contributed by atoms with Gasteiger partial charge in [-0.15, -0.1) is 5.10 Å². The molecule has 2 aliphatic heterocycles. The highest BCUT2D eigenvalue weighted by molar-refractivity contribution is 5.82. The van der Waals surface area contributed by atoms with Crippen molar-refractivity contribution in [2.24, 2.45) is 5.41 Å². The monoisotopic (exact) mass is 456 g/mol. The van der Waals surface area contributed by atoms with Crippen LogP contribution in [-0.4, -0.2) is 45.8 Å². The van der Waals surface area contributed by atoms with Gasteiger partial charge in [-0.25, -0.2) is 13.9 Å². The first-order valence-corrected chi connectivity index (χ1v) is 12.1. The molecule has 0 aliphatic carbocycles. The predicted molar refractivity (Wildman–Crippen MR) is 132 cm³/mol. The lowest BCUT2D eigenvalue weighted by Gasteiger charge is -2.44. The van der Waals surface area contributed by atoms with E-state index >= 15 is 0 Å². The van der Waals surface area contributed by atoms with E-state index in [1.54, 1.807) is 18.5 Å². The number of piperidine rings is 2. The second-order valence-corrected chi connectivity index (χ2v) is 9.79. The molecule has 6 nitrogen and oxygen atoms in total. The summed E-state index contributed by atoms with van der Waals surface area (Å²) in [6.45, 7) is 6.20. The lowest BCUT2D eigenvalue weighted by atomic mass is 9.73. The molecule has 1 aromatic carbocycles. The molecule has 0 amide bonds. The molecule has 0 saturated carbocycles. The summed E-state index contributed by atoms with van der Waals surface area (Å²) in [5, 5.41) is 8.65. The van der Waals surface area contributed by atoms with Crippen LogP contribution in [0.1, 0.15) is 31.2 Å². The van der Waals surface area contributed by atoms with Crippen molar-refractivity contribution in [1.29, 1.82) is 0 Å². The van der Waals surface area contributed by atoms with Crippen LogP contribution in [-0.2, 0) is 0 Å². The van der Waals surface area contributed by atoms with E-state index in [0.29, 0.717) is 5.41 Å². The smallest absolute Gasteiger partial charge is 0.155 e. The van der Waals surface area contributed by atoms with Crippen LogP contribution in [0.4, 0.5) is 10.2 Å². The molecule has 2 aliphatic rings. The van der Waals surface area contributed by atoms with Crippen LogP contribution in [0.2, 0.25) is 0 Å². The SMILES string of the molecule is Cc1cc(F)cc(-c2nc3ccc(N4CCC5(CCCNC5)CC4)nn3c2-c2ccncc2)c1. The van der Waals surface area contributed by atoms with Crippen LogP contribution in [0.3, 0.4) is 0 Å². The van der Waals surface area contributed by atoms with E-state index in [0.717, 1.165) is 65.7 Å². The summed E-state index contributed by atoms with van der Waals surface area (Å²) in [5.41, 5.74) is 5.34. The first-order chi connectivity index (χ1) is 16.6. The van der Waals surface area contributed by atoms with Crippen molar-refractivity contribution in [3.63, 3.8) is 0 Å². The zero-order valence-corrected chi connectivity index (χ0v) is 19.5. The van der Waals surface area contributed by atoms with E-state index in [1.807, 2.05) is 35.7 Å². The van der Waals surface area contributed by atoms with Crippen molar-refractivity contribution in [3.05, 3.63) is 66.2 Å². The lowest BCUT2D eigenvalue weighted by Crippen LogP contribution is -2.48. The van der Waals surface area contributed by atoms with Crippen molar-refractivity contribution in [2.75, 3.05) is 31.1 Å². The Morgan fingerprint density at radius 1 is 0.971 bits per heavy atom. The highest BCUT2D eigenvalue weighted by Gasteiger charge is 2.36. The molecule has 1 spiro atoms. The molecule has 0 radical (unpaired) electrons. The summed E-state index contributed by atoms with van der Waals surface area (Å²) >= 11 is 0. The molecular formula is C27H29FN6. The van der Waals surface area contributed by atoms with Crippen LogP contribution in [0.15, 0.2) is 54.9 Å². The second-order valence-electron chi connectivity index (χ2n) is 9.79. The normalized spacial score (nSPS) is 18.0. The molecule has 0 atom stereocenters. The lowest BCUT2D eigenvalue weighted by molar-refractivity contribution is 0.161. The van der Waals surface area contributed by atoms with E-state index in [1.165, 1.54) is 31.7 Å². The minimum Gasteiger partial charge on any atom is -0.355 e. The molecule has 34 heavy (non-hydrogen) atoms. The van der Waals surface area contributed by atoms with Gasteiger partial charge in [0, 0.05) is 43.2 Å². The quantitative estimate of drug-likeness (QED) is 0.476. The second kappa shape index (κ2) is 8.47. The maximum absolute atomic E-state index is 14.3. The fraction of sp³-hybridized carbons (Fsp3) is 0.370. The van der Waals surface area contributed by atoms with Gasteiger partial charge in [-0.2, -0.15) is 0 Å². The maximum atomic E-state index is 14.3. The zero-order valence-electron chi connectivity index (χ0n) is 19.5. The Bertz CT molecular complexity index is 1300. The summed E-state index contributed by atoms with van der Waals surface area (Å²) in [5.74, 6) is 0.696. The minimum absolute atomic E-state index is 0.263. The molecular weight excluding hydrogens is 427 g/mol. The van der Waals surface area contributed by atoms with Crippen LogP contribution in [0.25, 0.3) is 28.2 Å². The Balaban J connectivity index is 1.42. The molecule has 2 saturated heterocycles. The third kappa shape index (κ3) is 3.84. The Hall–Kier alpha value is -3.32. The van der Waals surface area contributed by atoms with Gasteiger partial charge in [0.1, 0.15) is 17.3 Å².